The van der Waals surface area contributed by atoms with Gasteiger partial charge in [-0.2, -0.15) is 0 Å². The molecule has 0 unspecified atom stereocenters. The molecule has 0 radical (unpaired) electrons. The molecule has 0 fully saturated rings. The summed E-state index contributed by atoms with van der Waals surface area (Å²) in [6, 6.07) is 19.3. The first-order valence-electron chi connectivity index (χ1n) is 12.4. The number of aromatic hydroxyl groups is 2. The number of nitrogens with zero attached hydrogens (tertiary/aromatic N) is 1. The highest BCUT2D eigenvalue weighted by Crippen LogP contribution is 2.37. The van der Waals surface area contributed by atoms with Gasteiger partial charge < -0.3 is 32.5 Å². The van der Waals surface area contributed by atoms with Crippen LogP contribution in [-0.4, -0.2) is 34.2 Å². The van der Waals surface area contributed by atoms with Gasteiger partial charge in [-0.3, -0.25) is 14.4 Å². The summed E-state index contributed by atoms with van der Waals surface area (Å²) in [5.74, 6) is -2.43. The Labute approximate surface area is 236 Å². The predicted octanol–water partition coefficient (Wildman–Crippen LogP) is 0.884. The Morgan fingerprint density at radius 1 is 0.821 bits per heavy atom. The highest BCUT2D eigenvalue weighted by atomic mass is 79.9. The van der Waals surface area contributed by atoms with E-state index < -0.39 is 23.2 Å². The third-order valence-corrected chi connectivity index (χ3v) is 6.74. The maximum absolute atomic E-state index is 13.0. The van der Waals surface area contributed by atoms with Crippen molar-refractivity contribution >= 4 is 17.5 Å². The molecule has 4 aromatic rings. The molecule has 0 aliphatic heterocycles. The van der Waals surface area contributed by atoms with Crippen LogP contribution in [0.4, 0.5) is 0 Å². The van der Waals surface area contributed by atoms with Crippen LogP contribution in [0.1, 0.15) is 65.3 Å². The van der Waals surface area contributed by atoms with Crippen LogP contribution < -0.4 is 26.9 Å². The van der Waals surface area contributed by atoms with Gasteiger partial charge in [0.05, 0.1) is 11.1 Å². The molecular weight excluding hydrogens is 560 g/mol. The summed E-state index contributed by atoms with van der Waals surface area (Å²) >= 11 is 0. The third-order valence-electron chi connectivity index (χ3n) is 6.74. The standard InChI is InChI=1S/C31H26N2O5.BrH/c1-19-7-9-21(10-8-19)18-33-14-11-20(12-15-33)4-3-13-32-31(38)22-16-24-28(26(35)17-22)30(37)27-23(29(24)36)5-2-6-25(27)34;/h2,5-12,14-17H,3-4,13,18H2,1H3,(H2-,32,34,35,37,38);1H. The van der Waals surface area contributed by atoms with E-state index in [1.54, 1.807) is 0 Å². The second-order valence-corrected chi connectivity index (χ2v) is 9.50. The largest absolute Gasteiger partial charge is 1.00 e. The van der Waals surface area contributed by atoms with Gasteiger partial charge in [0.2, 0.25) is 5.78 Å². The van der Waals surface area contributed by atoms with Gasteiger partial charge in [0, 0.05) is 40.9 Å². The molecule has 0 saturated carbocycles. The molecule has 0 bridgehead atoms. The SMILES string of the molecule is Cc1ccc(C[n+]2ccc(CCCNC(=O)c3cc(O)c4c(c3)C(=O)c3cccc(O)c3C4=O)cc2)cc1.[Br-]. The molecule has 1 aliphatic rings. The number of carbonyl (C=O) groups is 3. The minimum absolute atomic E-state index is 0. The van der Waals surface area contributed by atoms with Gasteiger partial charge in [-0.15, -0.1) is 0 Å². The van der Waals surface area contributed by atoms with Gasteiger partial charge in [-0.05, 0) is 43.5 Å². The van der Waals surface area contributed by atoms with E-state index in [-0.39, 0.29) is 50.5 Å². The number of phenols is 2. The molecule has 1 heterocycles. The molecule has 39 heavy (non-hydrogen) atoms. The number of aryl methyl sites for hydroxylation is 2. The van der Waals surface area contributed by atoms with E-state index in [0.29, 0.717) is 13.0 Å². The molecule has 198 valence electrons. The summed E-state index contributed by atoms with van der Waals surface area (Å²) in [6.07, 6.45) is 5.56. The first-order valence-corrected chi connectivity index (χ1v) is 12.4. The highest BCUT2D eigenvalue weighted by molar-refractivity contribution is 6.30. The lowest BCUT2D eigenvalue weighted by molar-refractivity contribution is -0.688. The average Bonchev–Trinajstić information content (AvgIpc) is 2.91. The molecule has 0 spiro atoms. The molecule has 1 aromatic heterocycles. The quantitative estimate of drug-likeness (QED) is 0.194. The lowest BCUT2D eigenvalue weighted by Crippen LogP contribution is -3.00. The zero-order valence-electron chi connectivity index (χ0n) is 21.3. The number of fused-ring (bicyclic) bond motifs is 2. The predicted molar refractivity (Wildman–Crippen MR) is 141 cm³/mol. The van der Waals surface area contributed by atoms with Gasteiger partial charge in [0.25, 0.3) is 5.91 Å². The Kier molecular flexibility index (Phi) is 8.26. The van der Waals surface area contributed by atoms with E-state index in [4.69, 9.17) is 0 Å². The second-order valence-electron chi connectivity index (χ2n) is 9.50. The fraction of sp³-hybridized carbons (Fsp3) is 0.161. The van der Waals surface area contributed by atoms with Crippen LogP contribution in [0.3, 0.4) is 0 Å². The van der Waals surface area contributed by atoms with Crippen molar-refractivity contribution in [2.75, 3.05) is 6.54 Å². The topological polar surface area (TPSA) is 108 Å². The van der Waals surface area contributed by atoms with Crippen molar-refractivity contribution in [3.8, 4) is 11.5 Å². The minimum atomic E-state index is -0.653. The van der Waals surface area contributed by atoms with Crippen molar-refractivity contribution in [3.63, 3.8) is 0 Å². The number of ketones is 2. The monoisotopic (exact) mass is 586 g/mol. The maximum atomic E-state index is 13.0. The molecule has 7 nitrogen and oxygen atoms in total. The van der Waals surface area contributed by atoms with Crippen molar-refractivity contribution < 1.29 is 46.1 Å². The van der Waals surface area contributed by atoms with E-state index >= 15 is 0 Å². The van der Waals surface area contributed by atoms with Gasteiger partial charge in [0.15, 0.2) is 24.7 Å². The molecule has 1 aliphatic carbocycles. The van der Waals surface area contributed by atoms with Crippen LogP contribution in [0.5, 0.6) is 11.5 Å². The number of nitrogens with one attached hydrogen (secondary N) is 1. The van der Waals surface area contributed by atoms with Crippen LogP contribution in [0.15, 0.2) is 79.1 Å². The van der Waals surface area contributed by atoms with E-state index in [2.05, 4.69) is 53.2 Å². The Morgan fingerprint density at radius 3 is 2.23 bits per heavy atom. The van der Waals surface area contributed by atoms with Gasteiger partial charge in [0.1, 0.15) is 11.5 Å². The van der Waals surface area contributed by atoms with Gasteiger partial charge >= 0.3 is 0 Å². The lowest BCUT2D eigenvalue weighted by atomic mass is 9.82. The minimum Gasteiger partial charge on any atom is -1.00 e. The molecular formula is C31H27BrN2O5. The number of halogens is 1. The van der Waals surface area contributed by atoms with Crippen molar-refractivity contribution in [1.82, 2.24) is 5.32 Å². The van der Waals surface area contributed by atoms with E-state index in [9.17, 15) is 24.6 Å². The number of pyridine rings is 1. The Hall–Kier alpha value is -4.30. The Morgan fingerprint density at radius 2 is 1.51 bits per heavy atom. The molecule has 0 saturated heterocycles. The average molecular weight is 587 g/mol. The highest BCUT2D eigenvalue weighted by Gasteiger charge is 2.35. The van der Waals surface area contributed by atoms with Crippen LogP contribution >= 0.6 is 0 Å². The number of aromatic nitrogens is 1. The molecule has 8 heteroatoms. The zero-order chi connectivity index (χ0) is 26.8. The van der Waals surface area contributed by atoms with Crippen LogP contribution in [0.25, 0.3) is 0 Å². The summed E-state index contributed by atoms with van der Waals surface area (Å²) in [4.78, 5) is 38.6. The summed E-state index contributed by atoms with van der Waals surface area (Å²) in [6.45, 7) is 3.27. The number of carbonyl (C=O) groups excluding carboxylic acids is 3. The van der Waals surface area contributed by atoms with Crippen molar-refractivity contribution in [2.45, 2.75) is 26.3 Å². The van der Waals surface area contributed by atoms with Crippen molar-refractivity contribution in [2.24, 2.45) is 0 Å². The van der Waals surface area contributed by atoms with E-state index in [1.165, 1.54) is 41.5 Å². The Bertz CT molecular complexity index is 1560. The van der Waals surface area contributed by atoms with Crippen LogP contribution in [0.2, 0.25) is 0 Å². The van der Waals surface area contributed by atoms with Gasteiger partial charge in [-0.25, -0.2) is 4.57 Å². The summed E-state index contributed by atoms with van der Waals surface area (Å²) in [5, 5.41) is 23.4. The molecule has 3 aromatic carbocycles. The number of rotatable bonds is 7. The fourth-order valence-electron chi connectivity index (χ4n) is 4.67. The fourth-order valence-corrected chi connectivity index (χ4v) is 4.67. The lowest BCUT2D eigenvalue weighted by Gasteiger charge is -2.20. The molecule has 5 rings (SSSR count). The Balaban J connectivity index is 0.00000353. The summed E-state index contributed by atoms with van der Waals surface area (Å²) in [5.41, 5.74) is 3.35. The first kappa shape index (κ1) is 27.7. The summed E-state index contributed by atoms with van der Waals surface area (Å²) < 4.78 is 2.12. The molecule has 0 atom stereocenters. The molecule has 3 N–H and O–H groups in total. The van der Waals surface area contributed by atoms with E-state index in [1.807, 2.05) is 12.4 Å². The first-order chi connectivity index (χ1) is 18.3. The number of hydrogen-bond acceptors (Lipinski definition) is 5. The summed E-state index contributed by atoms with van der Waals surface area (Å²) in [7, 11) is 0. The van der Waals surface area contributed by atoms with Crippen molar-refractivity contribution in [1.29, 1.82) is 0 Å². The van der Waals surface area contributed by atoms with E-state index in [0.717, 1.165) is 18.5 Å². The zero-order valence-corrected chi connectivity index (χ0v) is 22.9. The maximum Gasteiger partial charge on any atom is 0.251 e. The van der Waals surface area contributed by atoms with Crippen LogP contribution in [-0.2, 0) is 13.0 Å². The second kappa shape index (κ2) is 11.6. The smallest absolute Gasteiger partial charge is 0.251 e. The number of hydrogen-bond donors (Lipinski definition) is 3. The van der Waals surface area contributed by atoms with Gasteiger partial charge in [-0.1, -0.05) is 42.0 Å². The molecule has 1 amide bonds. The number of benzene rings is 3. The van der Waals surface area contributed by atoms with Crippen molar-refractivity contribution in [3.05, 3.63) is 124 Å². The number of phenolic OH excluding ortho intramolecular Hbond substituents is 2. The number of amides is 1. The third kappa shape index (κ3) is 5.76. The van der Waals surface area contributed by atoms with Crippen LogP contribution in [0, 0.1) is 6.92 Å². The normalized spacial score (nSPS) is 11.8.